The van der Waals surface area contributed by atoms with Crippen molar-refractivity contribution in [1.29, 1.82) is 0 Å². The lowest BCUT2D eigenvalue weighted by Crippen LogP contribution is -2.20. The average molecular weight is 577 g/mol. The molecule has 1 amide bonds. The van der Waals surface area contributed by atoms with Gasteiger partial charge in [-0.3, -0.25) is 9.52 Å². The Balaban J connectivity index is 1.58. The van der Waals surface area contributed by atoms with E-state index in [0.29, 0.717) is 16.5 Å². The highest BCUT2D eigenvalue weighted by Crippen LogP contribution is 2.27. The zero-order chi connectivity index (χ0) is 21.7. The van der Waals surface area contributed by atoms with Gasteiger partial charge in [0.25, 0.3) is 15.9 Å². The molecule has 6 nitrogen and oxygen atoms in total. The predicted molar refractivity (Wildman–Crippen MR) is 127 cm³/mol. The van der Waals surface area contributed by atoms with Gasteiger partial charge in [0, 0.05) is 9.26 Å². The predicted octanol–water partition coefficient (Wildman–Crippen LogP) is 5.42. The van der Waals surface area contributed by atoms with E-state index in [-0.39, 0.29) is 28.1 Å². The molecule has 0 aliphatic heterocycles. The molecule has 0 aliphatic rings. The molecule has 0 saturated carbocycles. The molecule has 2 N–H and O–H groups in total. The van der Waals surface area contributed by atoms with Crippen molar-refractivity contribution < 1.29 is 17.9 Å². The summed E-state index contributed by atoms with van der Waals surface area (Å²) in [6, 6.07) is 17.5. The Hall–Kier alpha value is -2.01. The fourth-order valence-electron chi connectivity index (χ4n) is 2.37. The molecule has 0 radical (unpaired) electrons. The van der Waals surface area contributed by atoms with Crippen LogP contribution >= 0.6 is 45.8 Å². The molecule has 3 aromatic rings. The third-order valence-corrected chi connectivity index (χ3v) is 6.66. The molecule has 0 spiro atoms. The molecule has 30 heavy (non-hydrogen) atoms. The number of carbonyl (C=O) groups excluding carboxylic acids is 1. The normalized spacial score (nSPS) is 11.0. The molecule has 0 atom stereocenters. The quantitative estimate of drug-likeness (QED) is 0.368. The number of ether oxygens (including phenoxy) is 1. The molecule has 3 aromatic carbocycles. The molecule has 0 fully saturated rings. The minimum atomic E-state index is -3.82. The van der Waals surface area contributed by atoms with Crippen LogP contribution in [-0.4, -0.2) is 20.9 Å². The number of hydrogen-bond donors (Lipinski definition) is 2. The maximum absolute atomic E-state index is 12.5. The summed E-state index contributed by atoms with van der Waals surface area (Å²) in [4.78, 5) is 12.0. The zero-order valence-electron chi connectivity index (χ0n) is 15.2. The smallest absolute Gasteiger partial charge is 0.262 e. The molecule has 0 heterocycles. The van der Waals surface area contributed by atoms with Crippen LogP contribution in [-0.2, 0) is 14.8 Å². The number of amides is 1. The maximum Gasteiger partial charge on any atom is 0.262 e. The Morgan fingerprint density at radius 3 is 2.17 bits per heavy atom. The van der Waals surface area contributed by atoms with Gasteiger partial charge in [0.05, 0.1) is 20.6 Å². The second-order valence-corrected chi connectivity index (χ2v) is 9.79. The van der Waals surface area contributed by atoms with Crippen molar-refractivity contribution in [2.45, 2.75) is 4.90 Å². The van der Waals surface area contributed by atoms with E-state index < -0.39 is 10.0 Å². The van der Waals surface area contributed by atoms with Crippen LogP contribution < -0.4 is 14.8 Å². The van der Waals surface area contributed by atoms with E-state index in [2.05, 4.69) is 32.6 Å². The van der Waals surface area contributed by atoms with E-state index in [0.717, 1.165) is 3.57 Å². The summed E-state index contributed by atoms with van der Waals surface area (Å²) in [5.74, 6) is 0.0374. The standard InChI is InChI=1S/C20H15Cl2IN2O4S/c21-18-10-5-15(11-19(18)22)25-30(27,28)17-8-6-16(7-9-17)29-12-20(26)24-14-3-1-13(23)2-4-14/h1-11,25H,12H2,(H,24,26). The number of sulfonamides is 1. The first-order valence-electron chi connectivity index (χ1n) is 8.49. The molecule has 0 aliphatic carbocycles. The van der Waals surface area contributed by atoms with Crippen molar-refractivity contribution in [2.24, 2.45) is 0 Å². The molecule has 156 valence electrons. The maximum atomic E-state index is 12.5. The second-order valence-electron chi connectivity index (χ2n) is 6.05. The summed E-state index contributed by atoms with van der Waals surface area (Å²) in [6.45, 7) is -0.209. The van der Waals surface area contributed by atoms with Gasteiger partial charge in [-0.1, -0.05) is 23.2 Å². The molecule has 10 heteroatoms. The summed E-state index contributed by atoms with van der Waals surface area (Å²) in [7, 11) is -3.82. The molecule has 0 saturated heterocycles. The number of hydrogen-bond acceptors (Lipinski definition) is 4. The highest BCUT2D eigenvalue weighted by Gasteiger charge is 2.15. The lowest BCUT2D eigenvalue weighted by Gasteiger charge is -2.10. The van der Waals surface area contributed by atoms with E-state index in [1.54, 1.807) is 12.1 Å². The Morgan fingerprint density at radius 1 is 0.900 bits per heavy atom. The van der Waals surface area contributed by atoms with Crippen LogP contribution in [0.25, 0.3) is 0 Å². The van der Waals surface area contributed by atoms with Gasteiger partial charge < -0.3 is 10.1 Å². The zero-order valence-corrected chi connectivity index (χ0v) is 19.7. The van der Waals surface area contributed by atoms with Gasteiger partial charge in [-0.15, -0.1) is 0 Å². The third-order valence-electron chi connectivity index (χ3n) is 3.80. The average Bonchev–Trinajstić information content (AvgIpc) is 2.71. The van der Waals surface area contributed by atoms with Gasteiger partial charge >= 0.3 is 0 Å². The van der Waals surface area contributed by atoms with Gasteiger partial charge in [-0.2, -0.15) is 0 Å². The summed E-state index contributed by atoms with van der Waals surface area (Å²) in [5.41, 5.74) is 0.954. The summed E-state index contributed by atoms with van der Waals surface area (Å²) in [5, 5.41) is 3.28. The summed E-state index contributed by atoms with van der Waals surface area (Å²) >= 11 is 13.9. The summed E-state index contributed by atoms with van der Waals surface area (Å²) < 4.78 is 33.9. The van der Waals surface area contributed by atoms with E-state index in [4.69, 9.17) is 27.9 Å². The SMILES string of the molecule is O=C(COc1ccc(S(=O)(=O)Nc2ccc(Cl)c(Cl)c2)cc1)Nc1ccc(I)cc1. The Bertz CT molecular complexity index is 1150. The minimum absolute atomic E-state index is 0.0317. The van der Waals surface area contributed by atoms with Crippen molar-refractivity contribution in [3.05, 3.63) is 80.3 Å². The van der Waals surface area contributed by atoms with Crippen LogP contribution in [0.3, 0.4) is 0 Å². The fourth-order valence-corrected chi connectivity index (χ4v) is 4.08. The number of rotatable bonds is 7. The first-order valence-corrected chi connectivity index (χ1v) is 11.8. The Labute approximate surface area is 197 Å². The molecular formula is C20H15Cl2IN2O4S. The molecule has 3 rings (SSSR count). The van der Waals surface area contributed by atoms with Crippen LogP contribution in [0.5, 0.6) is 5.75 Å². The monoisotopic (exact) mass is 576 g/mol. The topological polar surface area (TPSA) is 84.5 Å². The van der Waals surface area contributed by atoms with E-state index in [9.17, 15) is 13.2 Å². The van der Waals surface area contributed by atoms with Crippen molar-refractivity contribution >= 4 is 73.1 Å². The lowest BCUT2D eigenvalue weighted by atomic mass is 10.3. The van der Waals surface area contributed by atoms with Gasteiger partial charge in [0.2, 0.25) is 0 Å². The fraction of sp³-hybridized carbons (Fsp3) is 0.0500. The largest absolute Gasteiger partial charge is 0.484 e. The molecular weight excluding hydrogens is 562 g/mol. The van der Waals surface area contributed by atoms with Crippen LogP contribution in [0.15, 0.2) is 71.6 Å². The number of benzene rings is 3. The number of carbonyl (C=O) groups is 1. The second kappa shape index (κ2) is 9.86. The highest BCUT2D eigenvalue weighted by atomic mass is 127. The van der Waals surface area contributed by atoms with Crippen molar-refractivity contribution in [3.8, 4) is 5.75 Å². The lowest BCUT2D eigenvalue weighted by molar-refractivity contribution is -0.118. The minimum Gasteiger partial charge on any atom is -0.484 e. The van der Waals surface area contributed by atoms with E-state index in [1.807, 2.05) is 12.1 Å². The van der Waals surface area contributed by atoms with Gasteiger partial charge in [0.1, 0.15) is 5.75 Å². The van der Waals surface area contributed by atoms with Crippen LogP contribution in [0.2, 0.25) is 10.0 Å². The summed E-state index contributed by atoms with van der Waals surface area (Å²) in [6.07, 6.45) is 0. The number of halogens is 3. The Morgan fingerprint density at radius 2 is 1.53 bits per heavy atom. The molecule has 0 bridgehead atoms. The van der Waals surface area contributed by atoms with Gasteiger partial charge in [0.15, 0.2) is 6.61 Å². The van der Waals surface area contributed by atoms with Gasteiger partial charge in [-0.05, 0) is 89.3 Å². The molecule has 0 aromatic heterocycles. The first kappa shape index (κ1) is 22.7. The van der Waals surface area contributed by atoms with Crippen molar-refractivity contribution in [3.63, 3.8) is 0 Å². The Kier molecular flexibility index (Phi) is 7.45. The van der Waals surface area contributed by atoms with Crippen LogP contribution in [0.1, 0.15) is 0 Å². The molecule has 0 unspecified atom stereocenters. The van der Waals surface area contributed by atoms with Crippen LogP contribution in [0.4, 0.5) is 11.4 Å². The first-order chi connectivity index (χ1) is 14.2. The third kappa shape index (κ3) is 6.24. The van der Waals surface area contributed by atoms with E-state index in [1.165, 1.54) is 42.5 Å². The van der Waals surface area contributed by atoms with E-state index >= 15 is 0 Å². The van der Waals surface area contributed by atoms with Crippen LogP contribution in [0, 0.1) is 3.57 Å². The van der Waals surface area contributed by atoms with Crippen molar-refractivity contribution in [2.75, 3.05) is 16.6 Å². The highest BCUT2D eigenvalue weighted by molar-refractivity contribution is 14.1. The van der Waals surface area contributed by atoms with Gasteiger partial charge in [-0.25, -0.2) is 8.42 Å². The van der Waals surface area contributed by atoms with Crippen molar-refractivity contribution in [1.82, 2.24) is 0 Å². The number of nitrogens with one attached hydrogen (secondary N) is 2. The number of anilines is 2.